The number of nitrogens with zero attached hydrogens (tertiary/aromatic N) is 2. The van der Waals surface area contributed by atoms with Gasteiger partial charge in [0.25, 0.3) is 0 Å². The van der Waals surface area contributed by atoms with Crippen molar-refractivity contribution in [1.29, 1.82) is 0 Å². The van der Waals surface area contributed by atoms with E-state index in [2.05, 4.69) is 16.4 Å². The summed E-state index contributed by atoms with van der Waals surface area (Å²) < 4.78 is 0. The number of carboxylic acids is 1. The van der Waals surface area contributed by atoms with Gasteiger partial charge in [0.1, 0.15) is 12.4 Å². The number of carboxylic acid groups (broad SMARTS) is 1. The minimum atomic E-state index is -0.862. The fourth-order valence-electron chi connectivity index (χ4n) is 2.35. The Balaban J connectivity index is 2.02. The van der Waals surface area contributed by atoms with Crippen LogP contribution in [0.5, 0.6) is 0 Å². The minimum Gasteiger partial charge on any atom is -0.480 e. The summed E-state index contributed by atoms with van der Waals surface area (Å²) in [5, 5.41) is 14.5. The summed E-state index contributed by atoms with van der Waals surface area (Å²) in [6.07, 6.45) is 4.16. The van der Waals surface area contributed by atoms with Crippen molar-refractivity contribution in [2.24, 2.45) is 0 Å². The van der Waals surface area contributed by atoms with Crippen molar-refractivity contribution in [2.75, 3.05) is 23.8 Å². The molecule has 0 unspecified atom stereocenters. The molecule has 5 heteroatoms. The Bertz CT molecular complexity index is 653. The average molecular weight is 271 g/mol. The second-order valence-corrected chi connectivity index (χ2v) is 5.20. The van der Waals surface area contributed by atoms with Crippen molar-refractivity contribution < 1.29 is 9.90 Å². The molecule has 0 radical (unpaired) electrons. The number of anilines is 2. The van der Waals surface area contributed by atoms with Crippen LogP contribution in [0.25, 0.3) is 10.8 Å². The lowest BCUT2D eigenvalue weighted by Gasteiger charge is -2.18. The van der Waals surface area contributed by atoms with Crippen LogP contribution < -0.4 is 10.2 Å². The molecule has 2 aromatic rings. The first kappa shape index (κ1) is 12.7. The predicted octanol–water partition coefficient (Wildman–Crippen LogP) is 2.33. The van der Waals surface area contributed by atoms with Crippen LogP contribution in [-0.4, -0.2) is 35.7 Å². The van der Waals surface area contributed by atoms with Gasteiger partial charge in [-0.1, -0.05) is 12.1 Å². The molecule has 1 aromatic carbocycles. The zero-order valence-electron chi connectivity index (χ0n) is 11.3. The fourth-order valence-corrected chi connectivity index (χ4v) is 2.35. The summed E-state index contributed by atoms with van der Waals surface area (Å²) in [4.78, 5) is 16.8. The van der Waals surface area contributed by atoms with Gasteiger partial charge in [0.15, 0.2) is 0 Å². The molecule has 5 nitrogen and oxygen atoms in total. The number of rotatable bonds is 5. The molecule has 1 heterocycles. The van der Waals surface area contributed by atoms with Crippen LogP contribution in [0.1, 0.15) is 12.8 Å². The maximum atomic E-state index is 10.9. The highest BCUT2D eigenvalue weighted by Gasteiger charge is 2.22. The summed E-state index contributed by atoms with van der Waals surface area (Å²) >= 11 is 0. The standard InChI is InChI=1S/C15H17N3O2/c1-18(9-14(19)20)15-12-3-2-4-13(17-10-5-6-10)11(12)7-8-16-15/h2-4,7-8,10,17H,5-6,9H2,1H3,(H,19,20). The minimum absolute atomic E-state index is 0.0631. The molecule has 104 valence electrons. The molecule has 1 saturated carbocycles. The first-order chi connectivity index (χ1) is 9.65. The van der Waals surface area contributed by atoms with Crippen molar-refractivity contribution in [2.45, 2.75) is 18.9 Å². The summed E-state index contributed by atoms with van der Waals surface area (Å²) in [6, 6.07) is 8.56. The zero-order chi connectivity index (χ0) is 14.1. The van der Waals surface area contributed by atoms with Gasteiger partial charge in [0.2, 0.25) is 0 Å². The SMILES string of the molecule is CN(CC(=O)O)c1nccc2c(NC3CC3)cccc12. The Labute approximate surface area is 117 Å². The predicted molar refractivity (Wildman–Crippen MR) is 79.3 cm³/mol. The van der Waals surface area contributed by atoms with Crippen LogP contribution in [0.15, 0.2) is 30.5 Å². The quantitative estimate of drug-likeness (QED) is 0.873. The van der Waals surface area contributed by atoms with Crippen molar-refractivity contribution in [1.82, 2.24) is 4.98 Å². The van der Waals surface area contributed by atoms with E-state index < -0.39 is 5.97 Å². The number of carbonyl (C=O) groups is 1. The maximum absolute atomic E-state index is 10.9. The van der Waals surface area contributed by atoms with Crippen LogP contribution in [0, 0.1) is 0 Å². The largest absolute Gasteiger partial charge is 0.480 e. The van der Waals surface area contributed by atoms with Crippen molar-refractivity contribution in [3.05, 3.63) is 30.5 Å². The van der Waals surface area contributed by atoms with Crippen LogP contribution in [0.2, 0.25) is 0 Å². The first-order valence-corrected chi connectivity index (χ1v) is 6.72. The Hall–Kier alpha value is -2.30. The topological polar surface area (TPSA) is 65.5 Å². The molecule has 2 N–H and O–H groups in total. The van der Waals surface area contributed by atoms with E-state index in [1.807, 2.05) is 18.2 Å². The Kier molecular flexibility index (Phi) is 3.18. The highest BCUT2D eigenvalue weighted by atomic mass is 16.4. The van der Waals surface area contributed by atoms with Gasteiger partial charge in [-0.15, -0.1) is 0 Å². The van der Waals surface area contributed by atoms with Gasteiger partial charge in [0, 0.05) is 35.7 Å². The molecular formula is C15H17N3O2. The molecule has 0 amide bonds. The molecule has 0 spiro atoms. The summed E-state index contributed by atoms with van der Waals surface area (Å²) in [6.45, 7) is -0.0631. The van der Waals surface area contributed by atoms with E-state index in [0.29, 0.717) is 11.9 Å². The number of hydrogen-bond donors (Lipinski definition) is 2. The second kappa shape index (κ2) is 5.00. The van der Waals surface area contributed by atoms with E-state index in [-0.39, 0.29) is 6.54 Å². The Morgan fingerprint density at radius 1 is 1.40 bits per heavy atom. The second-order valence-electron chi connectivity index (χ2n) is 5.20. The van der Waals surface area contributed by atoms with E-state index in [4.69, 9.17) is 5.11 Å². The van der Waals surface area contributed by atoms with Gasteiger partial charge in [-0.05, 0) is 25.0 Å². The Morgan fingerprint density at radius 2 is 2.20 bits per heavy atom. The summed E-state index contributed by atoms with van der Waals surface area (Å²) in [5.41, 5.74) is 1.09. The lowest BCUT2D eigenvalue weighted by atomic mass is 10.1. The number of aliphatic carboxylic acids is 1. The van der Waals surface area contributed by atoms with Crippen LogP contribution in [-0.2, 0) is 4.79 Å². The molecule has 1 aliphatic rings. The third-order valence-electron chi connectivity index (χ3n) is 3.46. The van der Waals surface area contributed by atoms with E-state index in [0.717, 1.165) is 16.5 Å². The summed E-state index contributed by atoms with van der Waals surface area (Å²) in [5.74, 6) is -0.164. The number of hydrogen-bond acceptors (Lipinski definition) is 4. The highest BCUT2D eigenvalue weighted by molar-refractivity contribution is 6.00. The van der Waals surface area contributed by atoms with Crippen LogP contribution in [0.4, 0.5) is 11.5 Å². The van der Waals surface area contributed by atoms with Gasteiger partial charge in [-0.3, -0.25) is 4.79 Å². The van der Waals surface area contributed by atoms with Crippen molar-refractivity contribution in [3.8, 4) is 0 Å². The van der Waals surface area contributed by atoms with Gasteiger partial charge in [0.05, 0.1) is 0 Å². The maximum Gasteiger partial charge on any atom is 0.323 e. The molecule has 3 rings (SSSR count). The molecule has 1 aromatic heterocycles. The van der Waals surface area contributed by atoms with Gasteiger partial charge in [-0.2, -0.15) is 0 Å². The molecule has 1 fully saturated rings. The number of fused-ring (bicyclic) bond motifs is 1. The van der Waals surface area contributed by atoms with Crippen LogP contribution in [0.3, 0.4) is 0 Å². The van der Waals surface area contributed by atoms with E-state index in [1.165, 1.54) is 12.8 Å². The van der Waals surface area contributed by atoms with Gasteiger partial charge < -0.3 is 15.3 Å². The molecule has 0 saturated heterocycles. The van der Waals surface area contributed by atoms with Crippen molar-refractivity contribution >= 4 is 28.2 Å². The lowest BCUT2D eigenvalue weighted by Crippen LogP contribution is -2.26. The number of benzene rings is 1. The van der Waals surface area contributed by atoms with Gasteiger partial charge >= 0.3 is 5.97 Å². The molecule has 1 aliphatic carbocycles. The lowest BCUT2D eigenvalue weighted by molar-refractivity contribution is -0.135. The van der Waals surface area contributed by atoms with Crippen molar-refractivity contribution in [3.63, 3.8) is 0 Å². The molecule has 0 bridgehead atoms. The molecular weight excluding hydrogens is 254 g/mol. The number of aromatic nitrogens is 1. The highest BCUT2D eigenvalue weighted by Crippen LogP contribution is 2.32. The average Bonchev–Trinajstić information content (AvgIpc) is 3.21. The monoisotopic (exact) mass is 271 g/mol. The van der Waals surface area contributed by atoms with E-state index in [1.54, 1.807) is 18.1 Å². The third-order valence-corrected chi connectivity index (χ3v) is 3.46. The number of nitrogens with one attached hydrogen (secondary N) is 1. The van der Waals surface area contributed by atoms with E-state index in [9.17, 15) is 4.79 Å². The molecule has 20 heavy (non-hydrogen) atoms. The normalized spacial score (nSPS) is 14.2. The number of likely N-dealkylation sites (N-methyl/N-ethyl adjacent to an activating group) is 1. The fraction of sp³-hybridized carbons (Fsp3) is 0.333. The summed E-state index contributed by atoms with van der Waals surface area (Å²) in [7, 11) is 1.75. The van der Waals surface area contributed by atoms with E-state index >= 15 is 0 Å². The van der Waals surface area contributed by atoms with Gasteiger partial charge in [-0.25, -0.2) is 4.98 Å². The number of pyridine rings is 1. The first-order valence-electron chi connectivity index (χ1n) is 6.72. The Morgan fingerprint density at radius 3 is 2.90 bits per heavy atom. The molecule has 0 atom stereocenters. The zero-order valence-corrected chi connectivity index (χ0v) is 11.3. The smallest absolute Gasteiger partial charge is 0.323 e. The molecule has 0 aliphatic heterocycles. The third kappa shape index (κ3) is 2.52. The van der Waals surface area contributed by atoms with Crippen LogP contribution >= 0.6 is 0 Å².